The molecule has 0 saturated carbocycles. The molecule has 4 heteroatoms. The van der Waals surface area contributed by atoms with E-state index in [1.165, 1.54) is 0 Å². The summed E-state index contributed by atoms with van der Waals surface area (Å²) in [6, 6.07) is 4.98. The fraction of sp³-hybridized carbons (Fsp3) is 0.417. The molecule has 1 aromatic carbocycles. The van der Waals surface area contributed by atoms with E-state index in [1.807, 2.05) is 13.8 Å². The summed E-state index contributed by atoms with van der Waals surface area (Å²) in [6.07, 6.45) is 0.0543. The van der Waals surface area contributed by atoms with E-state index in [1.54, 1.807) is 25.1 Å². The SMILES string of the molecule is CCOC(=O)c1cc(OC(C)C)ccc1N. The summed E-state index contributed by atoms with van der Waals surface area (Å²) in [5.74, 6) is 0.196. The lowest BCUT2D eigenvalue weighted by Gasteiger charge is -2.12. The third-order valence-electron chi connectivity index (χ3n) is 1.89. The van der Waals surface area contributed by atoms with Crippen LogP contribution in [-0.2, 0) is 4.74 Å². The van der Waals surface area contributed by atoms with Crippen LogP contribution in [0, 0.1) is 0 Å². The van der Waals surface area contributed by atoms with E-state index in [-0.39, 0.29) is 6.10 Å². The largest absolute Gasteiger partial charge is 0.491 e. The number of ether oxygens (including phenoxy) is 2. The highest BCUT2D eigenvalue weighted by Gasteiger charge is 2.12. The third-order valence-corrected chi connectivity index (χ3v) is 1.89. The van der Waals surface area contributed by atoms with Crippen LogP contribution < -0.4 is 10.5 Å². The second kappa shape index (κ2) is 5.39. The standard InChI is InChI=1S/C12H17NO3/c1-4-15-12(14)10-7-9(16-8(2)3)5-6-11(10)13/h5-8H,4,13H2,1-3H3. The van der Waals surface area contributed by atoms with E-state index in [0.29, 0.717) is 23.6 Å². The smallest absolute Gasteiger partial charge is 0.340 e. The summed E-state index contributed by atoms with van der Waals surface area (Å²) < 4.78 is 10.4. The average molecular weight is 223 g/mol. The molecule has 0 heterocycles. The topological polar surface area (TPSA) is 61.5 Å². The van der Waals surface area contributed by atoms with Gasteiger partial charge in [0.2, 0.25) is 0 Å². The molecule has 0 atom stereocenters. The number of rotatable bonds is 4. The summed E-state index contributed by atoms with van der Waals surface area (Å²) in [7, 11) is 0. The number of hydrogen-bond acceptors (Lipinski definition) is 4. The molecule has 1 aromatic rings. The molecule has 0 bridgehead atoms. The van der Waals surface area contributed by atoms with Crippen LogP contribution in [-0.4, -0.2) is 18.7 Å². The maximum absolute atomic E-state index is 11.5. The van der Waals surface area contributed by atoms with E-state index in [4.69, 9.17) is 15.2 Å². The maximum Gasteiger partial charge on any atom is 0.340 e. The van der Waals surface area contributed by atoms with Gasteiger partial charge in [0, 0.05) is 5.69 Å². The molecule has 0 radical (unpaired) electrons. The van der Waals surface area contributed by atoms with Crippen molar-refractivity contribution < 1.29 is 14.3 Å². The van der Waals surface area contributed by atoms with Crippen LogP contribution in [0.15, 0.2) is 18.2 Å². The minimum absolute atomic E-state index is 0.0543. The number of anilines is 1. The van der Waals surface area contributed by atoms with E-state index >= 15 is 0 Å². The van der Waals surface area contributed by atoms with Gasteiger partial charge >= 0.3 is 5.97 Å². The molecule has 0 aliphatic carbocycles. The van der Waals surface area contributed by atoms with Crippen molar-refractivity contribution in [2.75, 3.05) is 12.3 Å². The van der Waals surface area contributed by atoms with E-state index in [0.717, 1.165) is 0 Å². The van der Waals surface area contributed by atoms with Crippen molar-refractivity contribution in [1.29, 1.82) is 0 Å². The molecule has 0 saturated heterocycles. The van der Waals surface area contributed by atoms with Gasteiger partial charge in [-0.15, -0.1) is 0 Å². The van der Waals surface area contributed by atoms with Gasteiger partial charge in [-0.3, -0.25) is 0 Å². The highest BCUT2D eigenvalue weighted by atomic mass is 16.5. The monoisotopic (exact) mass is 223 g/mol. The van der Waals surface area contributed by atoms with Crippen molar-refractivity contribution in [3.8, 4) is 5.75 Å². The summed E-state index contributed by atoms with van der Waals surface area (Å²) in [6.45, 7) is 5.91. The lowest BCUT2D eigenvalue weighted by atomic mass is 10.1. The van der Waals surface area contributed by atoms with Crippen molar-refractivity contribution >= 4 is 11.7 Å². The molecular weight excluding hydrogens is 206 g/mol. The Hall–Kier alpha value is -1.71. The van der Waals surface area contributed by atoms with Gasteiger partial charge in [-0.05, 0) is 39.0 Å². The molecule has 0 spiro atoms. The Bertz CT molecular complexity index is 375. The molecule has 1 rings (SSSR count). The quantitative estimate of drug-likeness (QED) is 0.628. The van der Waals surface area contributed by atoms with Crippen LogP contribution in [0.1, 0.15) is 31.1 Å². The van der Waals surface area contributed by atoms with Gasteiger partial charge in [0.15, 0.2) is 0 Å². The molecule has 0 unspecified atom stereocenters. The first-order valence-electron chi connectivity index (χ1n) is 5.28. The van der Waals surface area contributed by atoms with Gasteiger partial charge in [0.25, 0.3) is 0 Å². The van der Waals surface area contributed by atoms with Crippen LogP contribution in [0.5, 0.6) is 5.75 Å². The number of nitrogen functional groups attached to an aromatic ring is 1. The predicted molar refractivity (Wildman–Crippen MR) is 62.6 cm³/mol. The normalized spacial score (nSPS) is 10.2. The van der Waals surface area contributed by atoms with Gasteiger partial charge in [-0.2, -0.15) is 0 Å². The minimum atomic E-state index is -0.422. The van der Waals surface area contributed by atoms with Crippen molar-refractivity contribution in [3.05, 3.63) is 23.8 Å². The predicted octanol–water partition coefficient (Wildman–Crippen LogP) is 2.23. The molecule has 2 N–H and O–H groups in total. The van der Waals surface area contributed by atoms with E-state index in [9.17, 15) is 4.79 Å². The Labute approximate surface area is 95.3 Å². The highest BCUT2D eigenvalue weighted by Crippen LogP contribution is 2.21. The summed E-state index contributed by atoms with van der Waals surface area (Å²) in [4.78, 5) is 11.5. The zero-order valence-corrected chi connectivity index (χ0v) is 9.82. The van der Waals surface area contributed by atoms with Crippen LogP contribution in [0.4, 0.5) is 5.69 Å². The molecule has 16 heavy (non-hydrogen) atoms. The molecule has 0 aliphatic rings. The van der Waals surface area contributed by atoms with E-state index in [2.05, 4.69) is 0 Å². The summed E-state index contributed by atoms with van der Waals surface area (Å²) >= 11 is 0. The van der Waals surface area contributed by atoms with Gasteiger partial charge in [-0.1, -0.05) is 0 Å². The molecule has 88 valence electrons. The Kier molecular flexibility index (Phi) is 4.17. The number of hydrogen-bond donors (Lipinski definition) is 1. The van der Waals surface area contributed by atoms with E-state index < -0.39 is 5.97 Å². The second-order valence-electron chi connectivity index (χ2n) is 3.64. The van der Waals surface area contributed by atoms with Crippen molar-refractivity contribution in [2.24, 2.45) is 0 Å². The second-order valence-corrected chi connectivity index (χ2v) is 3.64. The van der Waals surface area contributed by atoms with Crippen molar-refractivity contribution in [1.82, 2.24) is 0 Å². The maximum atomic E-state index is 11.5. The first-order valence-corrected chi connectivity index (χ1v) is 5.28. The number of carbonyl (C=O) groups excluding carboxylic acids is 1. The fourth-order valence-electron chi connectivity index (χ4n) is 1.27. The summed E-state index contributed by atoms with van der Waals surface area (Å²) in [5.41, 5.74) is 6.44. The first-order chi connectivity index (χ1) is 7.54. The Morgan fingerprint density at radius 2 is 2.12 bits per heavy atom. The van der Waals surface area contributed by atoms with Gasteiger partial charge in [0.05, 0.1) is 18.3 Å². The minimum Gasteiger partial charge on any atom is -0.491 e. The number of carbonyl (C=O) groups is 1. The fourth-order valence-corrected chi connectivity index (χ4v) is 1.27. The molecule has 0 amide bonds. The lowest BCUT2D eigenvalue weighted by Crippen LogP contribution is -2.10. The van der Waals surface area contributed by atoms with Gasteiger partial charge in [0.1, 0.15) is 5.75 Å². The van der Waals surface area contributed by atoms with Gasteiger partial charge < -0.3 is 15.2 Å². The summed E-state index contributed by atoms with van der Waals surface area (Å²) in [5, 5.41) is 0. The molecule has 0 aromatic heterocycles. The number of nitrogens with two attached hydrogens (primary N) is 1. The Balaban J connectivity index is 2.94. The highest BCUT2D eigenvalue weighted by molar-refractivity contribution is 5.95. The van der Waals surface area contributed by atoms with Crippen molar-refractivity contribution in [2.45, 2.75) is 26.9 Å². The Morgan fingerprint density at radius 3 is 2.69 bits per heavy atom. The molecule has 0 aliphatic heterocycles. The Morgan fingerprint density at radius 1 is 1.44 bits per heavy atom. The number of benzene rings is 1. The third kappa shape index (κ3) is 3.15. The number of esters is 1. The lowest BCUT2D eigenvalue weighted by molar-refractivity contribution is 0.0527. The van der Waals surface area contributed by atoms with Crippen LogP contribution in [0.3, 0.4) is 0 Å². The van der Waals surface area contributed by atoms with Crippen molar-refractivity contribution in [3.63, 3.8) is 0 Å². The van der Waals surface area contributed by atoms with Crippen LogP contribution >= 0.6 is 0 Å². The zero-order chi connectivity index (χ0) is 12.1. The molecule has 4 nitrogen and oxygen atoms in total. The van der Waals surface area contributed by atoms with Gasteiger partial charge in [-0.25, -0.2) is 4.79 Å². The molecule has 0 fully saturated rings. The molecular formula is C12H17NO3. The zero-order valence-electron chi connectivity index (χ0n) is 9.82. The first kappa shape index (κ1) is 12.4. The average Bonchev–Trinajstić information content (AvgIpc) is 2.20. The van der Waals surface area contributed by atoms with Crippen LogP contribution in [0.25, 0.3) is 0 Å². The van der Waals surface area contributed by atoms with Crippen LogP contribution in [0.2, 0.25) is 0 Å².